The number of esters is 1. The van der Waals surface area contributed by atoms with Crippen molar-refractivity contribution in [1.29, 1.82) is 0 Å². The van der Waals surface area contributed by atoms with E-state index in [9.17, 15) is 18.0 Å². The van der Waals surface area contributed by atoms with Crippen LogP contribution < -0.4 is 15.1 Å². The second-order valence-electron chi connectivity index (χ2n) is 7.36. The number of ether oxygens (including phenoxy) is 2. The first-order valence-corrected chi connectivity index (χ1v) is 11.5. The Labute approximate surface area is 190 Å². The van der Waals surface area contributed by atoms with Crippen LogP contribution in [0.25, 0.3) is 11.0 Å². The van der Waals surface area contributed by atoms with Crippen molar-refractivity contribution in [2.75, 3.05) is 7.11 Å². The molecule has 1 atom stereocenters. The SMILES string of the molecule is COc1ccc2c(COC(=O)[C@@H](NS(=O)(=O)c3ccc(Cl)cc3)C(C)C)cc(=O)oc2c1. The van der Waals surface area contributed by atoms with Crippen molar-refractivity contribution < 1.29 is 27.1 Å². The van der Waals surface area contributed by atoms with Crippen LogP contribution >= 0.6 is 11.6 Å². The monoisotopic (exact) mass is 479 g/mol. The van der Waals surface area contributed by atoms with Crippen LogP contribution in [0.5, 0.6) is 5.75 Å². The van der Waals surface area contributed by atoms with Gasteiger partial charge in [0.2, 0.25) is 10.0 Å². The quantitative estimate of drug-likeness (QED) is 0.388. The van der Waals surface area contributed by atoms with Gasteiger partial charge in [0.1, 0.15) is 24.0 Å². The summed E-state index contributed by atoms with van der Waals surface area (Å²) in [6.07, 6.45) is 0. The third kappa shape index (κ3) is 5.48. The predicted octanol–water partition coefficient (Wildman–Crippen LogP) is 3.50. The molecule has 32 heavy (non-hydrogen) atoms. The maximum Gasteiger partial charge on any atom is 0.336 e. The lowest BCUT2D eigenvalue weighted by atomic mass is 10.1. The first-order valence-electron chi connectivity index (χ1n) is 9.66. The van der Waals surface area contributed by atoms with Gasteiger partial charge >= 0.3 is 11.6 Å². The van der Waals surface area contributed by atoms with Gasteiger partial charge < -0.3 is 13.9 Å². The van der Waals surface area contributed by atoms with Crippen LogP contribution in [-0.4, -0.2) is 27.5 Å². The van der Waals surface area contributed by atoms with Gasteiger partial charge in [0.25, 0.3) is 0 Å². The maximum atomic E-state index is 12.8. The van der Waals surface area contributed by atoms with E-state index in [0.717, 1.165) is 0 Å². The average Bonchev–Trinajstić information content (AvgIpc) is 2.75. The molecule has 0 unspecified atom stereocenters. The molecule has 8 nitrogen and oxygen atoms in total. The smallest absolute Gasteiger partial charge is 0.336 e. The molecule has 1 N–H and O–H groups in total. The third-order valence-corrected chi connectivity index (χ3v) is 6.44. The van der Waals surface area contributed by atoms with E-state index in [1.807, 2.05) is 0 Å². The first kappa shape index (κ1) is 23.8. The minimum Gasteiger partial charge on any atom is -0.497 e. The van der Waals surface area contributed by atoms with Gasteiger partial charge in [0, 0.05) is 28.1 Å². The molecule has 0 radical (unpaired) electrons. The molecule has 0 amide bonds. The van der Waals surface area contributed by atoms with Gasteiger partial charge in [0.15, 0.2) is 0 Å². The van der Waals surface area contributed by atoms with E-state index < -0.39 is 33.6 Å². The number of methoxy groups -OCH3 is 1. The lowest BCUT2D eigenvalue weighted by Gasteiger charge is -2.21. The Morgan fingerprint density at radius 1 is 1.12 bits per heavy atom. The van der Waals surface area contributed by atoms with Gasteiger partial charge in [-0.05, 0) is 42.3 Å². The van der Waals surface area contributed by atoms with E-state index in [1.165, 1.54) is 37.4 Å². The van der Waals surface area contributed by atoms with Crippen LogP contribution in [0.4, 0.5) is 0 Å². The van der Waals surface area contributed by atoms with Crippen molar-refractivity contribution in [1.82, 2.24) is 4.72 Å². The number of hydrogen-bond donors (Lipinski definition) is 1. The summed E-state index contributed by atoms with van der Waals surface area (Å²) in [6, 6.07) is 10.6. The maximum absolute atomic E-state index is 12.8. The molecule has 0 fully saturated rings. The van der Waals surface area contributed by atoms with E-state index in [2.05, 4.69) is 4.72 Å². The van der Waals surface area contributed by atoms with Crippen molar-refractivity contribution in [2.45, 2.75) is 31.4 Å². The number of sulfonamides is 1. The molecule has 170 valence electrons. The molecule has 0 bridgehead atoms. The highest BCUT2D eigenvalue weighted by Gasteiger charge is 2.30. The summed E-state index contributed by atoms with van der Waals surface area (Å²) < 4.78 is 43.4. The van der Waals surface area contributed by atoms with Crippen LogP contribution in [0.2, 0.25) is 5.02 Å². The lowest BCUT2D eigenvalue weighted by molar-refractivity contribution is -0.148. The summed E-state index contributed by atoms with van der Waals surface area (Å²) in [5.41, 5.74) is 0.0997. The van der Waals surface area contributed by atoms with E-state index in [1.54, 1.807) is 32.0 Å². The molecule has 0 spiro atoms. The van der Waals surface area contributed by atoms with Gasteiger partial charge in [-0.15, -0.1) is 0 Å². The molecular formula is C22H22ClNO7S. The molecule has 0 saturated carbocycles. The van der Waals surface area contributed by atoms with Gasteiger partial charge in [-0.25, -0.2) is 13.2 Å². The van der Waals surface area contributed by atoms with Crippen molar-refractivity contribution in [2.24, 2.45) is 5.92 Å². The molecule has 0 saturated heterocycles. The Balaban J connectivity index is 1.80. The molecule has 3 aromatic rings. The molecule has 0 aliphatic rings. The van der Waals surface area contributed by atoms with Gasteiger partial charge in [-0.3, -0.25) is 4.79 Å². The first-order chi connectivity index (χ1) is 15.1. The Morgan fingerprint density at radius 2 is 1.81 bits per heavy atom. The van der Waals surface area contributed by atoms with Gasteiger partial charge in [-0.1, -0.05) is 25.4 Å². The zero-order valence-electron chi connectivity index (χ0n) is 17.6. The van der Waals surface area contributed by atoms with E-state index in [4.69, 9.17) is 25.5 Å². The highest BCUT2D eigenvalue weighted by atomic mass is 35.5. The standard InChI is InChI=1S/C22H22ClNO7S/c1-13(2)21(24-32(27,28)17-7-4-15(23)5-8-17)22(26)30-12-14-10-20(25)31-19-11-16(29-3)6-9-18(14)19/h4-11,13,21,24H,12H2,1-3H3/t21-/m0/s1. The number of fused-ring (bicyclic) bond motifs is 1. The molecule has 3 rings (SSSR count). The second-order valence-corrected chi connectivity index (χ2v) is 9.51. The largest absolute Gasteiger partial charge is 0.497 e. The number of halogens is 1. The summed E-state index contributed by atoms with van der Waals surface area (Å²) >= 11 is 5.81. The number of benzene rings is 2. The fraction of sp³-hybridized carbons (Fsp3) is 0.273. The highest BCUT2D eigenvalue weighted by Crippen LogP contribution is 2.23. The number of rotatable bonds is 8. The van der Waals surface area contributed by atoms with Crippen LogP contribution in [0.3, 0.4) is 0 Å². The normalized spacial score (nSPS) is 12.7. The van der Waals surface area contributed by atoms with Crippen LogP contribution in [0.1, 0.15) is 19.4 Å². The van der Waals surface area contributed by atoms with E-state index >= 15 is 0 Å². The summed E-state index contributed by atoms with van der Waals surface area (Å²) in [5, 5.41) is 0.960. The number of carbonyl (C=O) groups excluding carboxylic acids is 1. The Hall–Kier alpha value is -2.88. The molecular weight excluding hydrogens is 458 g/mol. The van der Waals surface area contributed by atoms with Crippen LogP contribution in [0.15, 0.2) is 62.6 Å². The number of carbonyl (C=O) groups is 1. The summed E-state index contributed by atoms with van der Waals surface area (Å²) in [4.78, 5) is 24.6. The Morgan fingerprint density at radius 3 is 2.44 bits per heavy atom. The van der Waals surface area contributed by atoms with Gasteiger partial charge in [-0.2, -0.15) is 4.72 Å². The predicted molar refractivity (Wildman–Crippen MR) is 119 cm³/mol. The molecule has 1 aromatic heterocycles. The highest BCUT2D eigenvalue weighted by molar-refractivity contribution is 7.89. The minimum atomic E-state index is -3.99. The number of nitrogens with one attached hydrogen (secondary N) is 1. The fourth-order valence-corrected chi connectivity index (χ4v) is 4.46. The molecule has 0 aliphatic heterocycles. The molecule has 1 heterocycles. The van der Waals surface area contributed by atoms with E-state index in [0.29, 0.717) is 21.7 Å². The van der Waals surface area contributed by atoms with Crippen molar-refractivity contribution in [3.8, 4) is 5.75 Å². The van der Waals surface area contributed by atoms with Crippen molar-refractivity contribution >= 4 is 38.6 Å². The minimum absolute atomic E-state index is 0.0269. The third-order valence-electron chi connectivity index (χ3n) is 4.73. The average molecular weight is 480 g/mol. The Bertz CT molecular complexity index is 1280. The molecule has 10 heteroatoms. The summed E-state index contributed by atoms with van der Waals surface area (Å²) in [5.74, 6) is -0.662. The molecule has 2 aromatic carbocycles. The fourth-order valence-electron chi connectivity index (χ4n) is 3.00. The second kappa shape index (κ2) is 9.72. The zero-order chi connectivity index (χ0) is 23.5. The van der Waals surface area contributed by atoms with E-state index in [-0.39, 0.29) is 17.1 Å². The zero-order valence-corrected chi connectivity index (χ0v) is 19.2. The molecule has 0 aliphatic carbocycles. The van der Waals surface area contributed by atoms with Crippen LogP contribution in [-0.2, 0) is 26.2 Å². The summed E-state index contributed by atoms with van der Waals surface area (Å²) in [7, 11) is -2.50. The van der Waals surface area contributed by atoms with Crippen LogP contribution in [0, 0.1) is 5.92 Å². The lowest BCUT2D eigenvalue weighted by Crippen LogP contribution is -2.45. The van der Waals surface area contributed by atoms with Crippen molar-refractivity contribution in [3.05, 3.63) is 69.5 Å². The summed E-state index contributed by atoms with van der Waals surface area (Å²) in [6.45, 7) is 3.14. The number of hydrogen-bond acceptors (Lipinski definition) is 7. The van der Waals surface area contributed by atoms with Gasteiger partial charge in [0.05, 0.1) is 12.0 Å². The van der Waals surface area contributed by atoms with Crippen molar-refractivity contribution in [3.63, 3.8) is 0 Å². The Kier molecular flexibility index (Phi) is 7.22. The topological polar surface area (TPSA) is 112 Å².